The third-order valence-electron chi connectivity index (χ3n) is 5.82. The number of amides is 1. The summed E-state index contributed by atoms with van der Waals surface area (Å²) in [6.45, 7) is 6.36. The molecule has 0 bridgehead atoms. The highest BCUT2D eigenvalue weighted by Gasteiger charge is 2.33. The second-order valence-electron chi connectivity index (χ2n) is 7.72. The first kappa shape index (κ1) is 18.8. The molecule has 1 aromatic heterocycles. The Morgan fingerprint density at radius 1 is 1.18 bits per heavy atom. The van der Waals surface area contributed by atoms with Gasteiger partial charge in [0.2, 0.25) is 5.91 Å². The third-order valence-corrected chi connectivity index (χ3v) is 5.82. The summed E-state index contributed by atoms with van der Waals surface area (Å²) in [6, 6.07) is 6.65. The van der Waals surface area contributed by atoms with Crippen LogP contribution in [-0.4, -0.2) is 33.9 Å². The van der Waals surface area contributed by atoms with Crippen molar-refractivity contribution in [2.24, 2.45) is 0 Å². The maximum Gasteiger partial charge on any atom is 0.222 e. The largest absolute Gasteiger partial charge is 0.352 e. The predicted molar refractivity (Wildman–Crippen MR) is 107 cm³/mol. The number of hydrogen-bond acceptors (Lipinski definition) is 4. The average Bonchev–Trinajstić information content (AvgIpc) is 3.19. The quantitative estimate of drug-likeness (QED) is 0.803. The Balaban J connectivity index is 1.66. The van der Waals surface area contributed by atoms with Crippen LogP contribution in [0.4, 0.5) is 10.2 Å². The molecule has 0 unspecified atom stereocenters. The first-order valence-corrected chi connectivity index (χ1v) is 10.2. The second-order valence-corrected chi connectivity index (χ2v) is 7.72. The summed E-state index contributed by atoms with van der Waals surface area (Å²) in [5.74, 6) is 1.70. The van der Waals surface area contributed by atoms with Crippen LogP contribution >= 0.6 is 0 Å². The monoisotopic (exact) mass is 382 g/mol. The van der Waals surface area contributed by atoms with E-state index in [1.54, 1.807) is 0 Å². The van der Waals surface area contributed by atoms with Crippen molar-refractivity contribution >= 4 is 11.7 Å². The number of rotatable bonds is 4. The van der Waals surface area contributed by atoms with Gasteiger partial charge in [-0.25, -0.2) is 14.4 Å². The molecule has 1 atom stereocenters. The number of carbonyl (C=O) groups excluding carboxylic acids is 1. The highest BCUT2D eigenvalue weighted by Crippen LogP contribution is 2.35. The van der Waals surface area contributed by atoms with Crippen molar-refractivity contribution in [1.82, 2.24) is 14.9 Å². The predicted octanol–water partition coefficient (Wildman–Crippen LogP) is 3.95. The Kier molecular flexibility index (Phi) is 5.29. The summed E-state index contributed by atoms with van der Waals surface area (Å²) in [5, 5.41) is 0. The molecule has 0 aliphatic carbocycles. The van der Waals surface area contributed by atoms with Crippen LogP contribution in [0.25, 0.3) is 0 Å². The minimum Gasteiger partial charge on any atom is -0.352 e. The molecule has 0 spiro atoms. The molecule has 1 fully saturated rings. The average molecular weight is 382 g/mol. The number of aryl methyl sites for hydroxylation is 1. The molecule has 148 valence electrons. The van der Waals surface area contributed by atoms with Crippen LogP contribution in [0, 0.1) is 12.7 Å². The Morgan fingerprint density at radius 2 is 1.96 bits per heavy atom. The van der Waals surface area contributed by atoms with Crippen molar-refractivity contribution in [2.45, 2.75) is 58.5 Å². The Bertz CT molecular complexity index is 868. The van der Waals surface area contributed by atoms with Crippen LogP contribution in [0.2, 0.25) is 0 Å². The zero-order chi connectivity index (χ0) is 19.7. The molecule has 1 amide bonds. The molecule has 0 saturated carbocycles. The highest BCUT2D eigenvalue weighted by molar-refractivity contribution is 5.76. The lowest BCUT2D eigenvalue weighted by molar-refractivity contribution is -0.131. The summed E-state index contributed by atoms with van der Waals surface area (Å²) in [6.07, 6.45) is 4.46. The lowest BCUT2D eigenvalue weighted by Gasteiger charge is -2.32. The fourth-order valence-corrected chi connectivity index (χ4v) is 4.36. The number of aromatic nitrogens is 2. The lowest BCUT2D eigenvalue weighted by atomic mass is 10.0. The van der Waals surface area contributed by atoms with E-state index in [2.05, 4.69) is 4.90 Å². The van der Waals surface area contributed by atoms with Crippen LogP contribution in [-0.2, 0) is 17.8 Å². The van der Waals surface area contributed by atoms with E-state index < -0.39 is 0 Å². The van der Waals surface area contributed by atoms with Crippen molar-refractivity contribution in [2.75, 3.05) is 18.0 Å². The molecule has 2 aromatic rings. The molecule has 3 heterocycles. The number of likely N-dealkylation sites (tertiary alicyclic amines) is 1. The van der Waals surface area contributed by atoms with E-state index in [1.165, 1.54) is 17.7 Å². The number of halogens is 1. The SMILES string of the molecule is CCC(=O)N1CCC[C@H]1c1nc(C)c2c(n1)N(Cc1ccc(F)cc1)CCC2. The molecule has 0 radical (unpaired) electrons. The highest BCUT2D eigenvalue weighted by atomic mass is 19.1. The van der Waals surface area contributed by atoms with Crippen LogP contribution < -0.4 is 4.90 Å². The van der Waals surface area contributed by atoms with Gasteiger partial charge in [-0.1, -0.05) is 19.1 Å². The van der Waals surface area contributed by atoms with Crippen LogP contribution in [0.3, 0.4) is 0 Å². The molecule has 6 heteroatoms. The molecule has 2 aliphatic heterocycles. The molecule has 28 heavy (non-hydrogen) atoms. The standard InChI is InChI=1S/C22H27FN4O/c1-3-20(28)27-13-5-7-19(27)21-24-15(2)18-6-4-12-26(22(18)25-21)14-16-8-10-17(23)11-9-16/h8-11,19H,3-7,12-14H2,1-2H3/t19-/m0/s1. The minimum absolute atomic E-state index is 0.0222. The Labute approximate surface area is 165 Å². The van der Waals surface area contributed by atoms with Gasteiger partial charge in [0.25, 0.3) is 0 Å². The smallest absolute Gasteiger partial charge is 0.222 e. The zero-order valence-corrected chi connectivity index (χ0v) is 16.6. The number of anilines is 1. The topological polar surface area (TPSA) is 49.3 Å². The molecule has 1 aromatic carbocycles. The van der Waals surface area contributed by atoms with Gasteiger partial charge in [-0.05, 0) is 50.3 Å². The van der Waals surface area contributed by atoms with Gasteiger partial charge < -0.3 is 9.80 Å². The van der Waals surface area contributed by atoms with Gasteiger partial charge in [0.05, 0.1) is 6.04 Å². The third kappa shape index (κ3) is 3.60. The van der Waals surface area contributed by atoms with Crippen LogP contribution in [0.5, 0.6) is 0 Å². The van der Waals surface area contributed by atoms with Crippen molar-refractivity contribution in [3.8, 4) is 0 Å². The molecule has 0 N–H and O–H groups in total. The first-order chi connectivity index (χ1) is 13.6. The Morgan fingerprint density at radius 3 is 2.71 bits per heavy atom. The normalized spacial score (nSPS) is 19.0. The van der Waals surface area contributed by atoms with Crippen molar-refractivity contribution in [1.29, 1.82) is 0 Å². The zero-order valence-electron chi connectivity index (χ0n) is 16.6. The summed E-state index contributed by atoms with van der Waals surface area (Å²) in [5.41, 5.74) is 3.28. The lowest BCUT2D eigenvalue weighted by Crippen LogP contribution is -2.34. The summed E-state index contributed by atoms with van der Waals surface area (Å²) < 4.78 is 13.2. The van der Waals surface area contributed by atoms with E-state index in [9.17, 15) is 9.18 Å². The van der Waals surface area contributed by atoms with Crippen molar-refractivity contribution in [3.63, 3.8) is 0 Å². The number of nitrogens with zero attached hydrogens (tertiary/aromatic N) is 4. The number of carbonyl (C=O) groups is 1. The Hall–Kier alpha value is -2.50. The van der Waals surface area contributed by atoms with E-state index in [0.29, 0.717) is 13.0 Å². The van der Waals surface area contributed by atoms with Gasteiger partial charge in [-0.2, -0.15) is 0 Å². The molecule has 1 saturated heterocycles. The van der Waals surface area contributed by atoms with E-state index in [0.717, 1.165) is 61.7 Å². The van der Waals surface area contributed by atoms with Crippen LogP contribution in [0.15, 0.2) is 24.3 Å². The van der Waals surface area contributed by atoms with E-state index in [1.807, 2.05) is 30.9 Å². The molecule has 5 nitrogen and oxygen atoms in total. The number of benzene rings is 1. The van der Waals surface area contributed by atoms with Gasteiger partial charge in [0, 0.05) is 37.3 Å². The summed E-state index contributed by atoms with van der Waals surface area (Å²) >= 11 is 0. The summed E-state index contributed by atoms with van der Waals surface area (Å²) in [4.78, 5) is 26.3. The molecular formula is C22H27FN4O. The van der Waals surface area contributed by atoms with Gasteiger partial charge in [0.1, 0.15) is 11.6 Å². The van der Waals surface area contributed by atoms with E-state index in [-0.39, 0.29) is 17.8 Å². The van der Waals surface area contributed by atoms with Gasteiger partial charge in [-0.3, -0.25) is 4.79 Å². The maximum absolute atomic E-state index is 13.2. The molecule has 2 aliphatic rings. The van der Waals surface area contributed by atoms with E-state index >= 15 is 0 Å². The van der Waals surface area contributed by atoms with Gasteiger partial charge in [0.15, 0.2) is 5.82 Å². The molecule has 4 rings (SSSR count). The summed E-state index contributed by atoms with van der Waals surface area (Å²) in [7, 11) is 0. The first-order valence-electron chi connectivity index (χ1n) is 10.2. The van der Waals surface area contributed by atoms with Crippen molar-refractivity contribution < 1.29 is 9.18 Å². The number of fused-ring (bicyclic) bond motifs is 1. The van der Waals surface area contributed by atoms with Gasteiger partial charge >= 0.3 is 0 Å². The minimum atomic E-state index is -0.217. The fraction of sp³-hybridized carbons (Fsp3) is 0.500. The fourth-order valence-electron chi connectivity index (χ4n) is 4.36. The number of hydrogen-bond donors (Lipinski definition) is 0. The maximum atomic E-state index is 13.2. The molecular weight excluding hydrogens is 355 g/mol. The van der Waals surface area contributed by atoms with E-state index in [4.69, 9.17) is 9.97 Å². The van der Waals surface area contributed by atoms with Gasteiger partial charge in [-0.15, -0.1) is 0 Å². The van der Waals surface area contributed by atoms with Crippen LogP contribution in [0.1, 0.15) is 61.3 Å². The second kappa shape index (κ2) is 7.86. The van der Waals surface area contributed by atoms with Crippen molar-refractivity contribution in [3.05, 3.63) is 52.7 Å².